The normalized spacial score (nSPS) is 29.4. The summed E-state index contributed by atoms with van der Waals surface area (Å²) in [5.74, 6) is 2.85. The molecule has 0 spiro atoms. The van der Waals surface area contributed by atoms with E-state index in [0.29, 0.717) is 54.1 Å². The molecule has 244 valence electrons. The summed E-state index contributed by atoms with van der Waals surface area (Å²) in [7, 11) is 0. The molecule has 2 aliphatic carbocycles. The van der Waals surface area contributed by atoms with Crippen LogP contribution in [0.15, 0.2) is 30.3 Å². The molecule has 11 heteroatoms. The summed E-state index contributed by atoms with van der Waals surface area (Å²) >= 11 is 0. The van der Waals surface area contributed by atoms with Gasteiger partial charge in [0, 0.05) is 70.5 Å². The van der Waals surface area contributed by atoms with Crippen LogP contribution in [0.3, 0.4) is 0 Å². The molecule has 1 amide bonds. The van der Waals surface area contributed by atoms with E-state index in [9.17, 15) is 9.90 Å². The molecule has 5 fully saturated rings. The number of para-hydroxylation sites is 1. The Balaban J connectivity index is 0.801. The third-order valence-electron chi connectivity index (χ3n) is 10.6. The fourth-order valence-corrected chi connectivity index (χ4v) is 7.91. The molecule has 3 atom stereocenters. The number of piperazine rings is 1. The molecule has 1 unspecified atom stereocenters. The van der Waals surface area contributed by atoms with Gasteiger partial charge in [0.05, 0.1) is 23.6 Å². The molecule has 1 aromatic heterocycles. The summed E-state index contributed by atoms with van der Waals surface area (Å²) in [6.45, 7) is 15.0. The number of carbonyl (C=O) groups is 1. The molecule has 3 saturated heterocycles. The Morgan fingerprint density at radius 1 is 0.978 bits per heavy atom. The number of likely N-dealkylation sites (tertiary alicyclic amines) is 1. The number of aromatic hydroxyl groups is 1. The number of hydrogen-bond acceptors (Lipinski definition) is 10. The second kappa shape index (κ2) is 12.2. The van der Waals surface area contributed by atoms with Crippen LogP contribution in [0.5, 0.6) is 5.75 Å². The largest absolute Gasteiger partial charge is 0.507 e. The van der Waals surface area contributed by atoms with Gasteiger partial charge in [-0.25, -0.2) is 4.79 Å². The quantitative estimate of drug-likeness (QED) is 0.475. The van der Waals surface area contributed by atoms with Crippen molar-refractivity contribution in [2.45, 2.75) is 70.3 Å². The highest BCUT2D eigenvalue weighted by atomic mass is 16.6. The molecule has 3 N–H and O–H groups in total. The minimum absolute atomic E-state index is 0.200. The van der Waals surface area contributed by atoms with Gasteiger partial charge in [-0.15, -0.1) is 10.2 Å². The lowest BCUT2D eigenvalue weighted by molar-refractivity contribution is -0.107. The fourth-order valence-electron chi connectivity index (χ4n) is 7.91. The van der Waals surface area contributed by atoms with Crippen molar-refractivity contribution in [2.24, 2.45) is 17.8 Å². The maximum Gasteiger partial charge on any atom is 0.410 e. The van der Waals surface area contributed by atoms with Crippen LogP contribution in [0.25, 0.3) is 11.3 Å². The molecule has 2 saturated carbocycles. The van der Waals surface area contributed by atoms with Gasteiger partial charge in [0.2, 0.25) is 0 Å². The van der Waals surface area contributed by atoms with Crippen molar-refractivity contribution in [1.82, 2.24) is 24.9 Å². The Kier molecular flexibility index (Phi) is 8.29. The average Bonchev–Trinajstić information content (AvgIpc) is 3.41. The van der Waals surface area contributed by atoms with Gasteiger partial charge in [0.1, 0.15) is 11.4 Å². The highest BCUT2D eigenvalue weighted by Gasteiger charge is 2.56. The first kappa shape index (κ1) is 30.5. The summed E-state index contributed by atoms with van der Waals surface area (Å²) in [5, 5.41) is 18.7. The van der Waals surface area contributed by atoms with Crippen molar-refractivity contribution in [3.05, 3.63) is 30.3 Å². The lowest BCUT2D eigenvalue weighted by atomic mass is 9.87. The molecule has 7 rings (SSSR count). The van der Waals surface area contributed by atoms with Gasteiger partial charge in [0.25, 0.3) is 0 Å². The third kappa shape index (κ3) is 6.71. The number of phenols is 1. The number of carbonyl (C=O) groups excluding carboxylic acids is 1. The predicted molar refractivity (Wildman–Crippen MR) is 173 cm³/mol. The molecular formula is C34H49N7O4. The highest BCUT2D eigenvalue weighted by Crippen LogP contribution is 2.53. The van der Waals surface area contributed by atoms with E-state index >= 15 is 0 Å². The fraction of sp³-hybridized carbons (Fsp3) is 0.676. The molecule has 0 bridgehead atoms. The molecule has 4 heterocycles. The van der Waals surface area contributed by atoms with Crippen molar-refractivity contribution in [3.63, 3.8) is 0 Å². The first-order chi connectivity index (χ1) is 21.6. The number of nitrogens with zero attached hydrogens (tertiary/aromatic N) is 6. The van der Waals surface area contributed by atoms with Crippen LogP contribution in [0.2, 0.25) is 0 Å². The highest BCUT2D eigenvalue weighted by molar-refractivity contribution is 5.74. The molecule has 11 nitrogen and oxygen atoms in total. The maximum absolute atomic E-state index is 12.3. The number of benzene rings is 1. The Bertz CT molecular complexity index is 1350. The van der Waals surface area contributed by atoms with E-state index in [0.717, 1.165) is 76.6 Å². The van der Waals surface area contributed by atoms with E-state index in [1.54, 1.807) is 12.1 Å². The van der Waals surface area contributed by atoms with Gasteiger partial charge < -0.3 is 35.0 Å². The number of rotatable bonds is 7. The summed E-state index contributed by atoms with van der Waals surface area (Å²) in [4.78, 5) is 21.9. The van der Waals surface area contributed by atoms with Crippen LogP contribution in [0.4, 0.5) is 16.3 Å². The zero-order valence-electron chi connectivity index (χ0n) is 27.0. The van der Waals surface area contributed by atoms with Crippen LogP contribution in [-0.2, 0) is 9.47 Å². The van der Waals surface area contributed by atoms with Crippen molar-refractivity contribution in [3.8, 4) is 17.0 Å². The molecule has 5 aliphatic rings. The molecule has 1 aromatic carbocycles. The van der Waals surface area contributed by atoms with Crippen LogP contribution in [-0.4, -0.2) is 119 Å². The first-order valence-electron chi connectivity index (χ1n) is 16.9. The van der Waals surface area contributed by atoms with Crippen molar-refractivity contribution < 1.29 is 19.4 Å². The third-order valence-corrected chi connectivity index (χ3v) is 10.6. The lowest BCUT2D eigenvalue weighted by Crippen LogP contribution is -2.56. The van der Waals surface area contributed by atoms with Crippen molar-refractivity contribution in [1.29, 1.82) is 0 Å². The summed E-state index contributed by atoms with van der Waals surface area (Å²) < 4.78 is 12.0. The Labute approximate surface area is 266 Å². The van der Waals surface area contributed by atoms with Gasteiger partial charge in [-0.05, 0) is 82.4 Å². The van der Waals surface area contributed by atoms with E-state index < -0.39 is 5.60 Å². The standard InChI is InChI=1S/C34H49N7O4/c1-34(2,3)45-33(43)40-10-8-23(9-11-40)44-24-16-22(17-24)39-14-12-38(13-15-39)19-26-27-20-41(21-28(26)27)30-18-29(36-37-32(30)35)25-6-4-5-7-31(25)42/h4-7,18,22-24,26-28,42H,8-17,19-21H2,1-3H3,(H2,35,37)/t22?,24?,26?,27-,28+. The van der Waals surface area contributed by atoms with Crippen LogP contribution < -0.4 is 10.6 Å². The second-order valence-corrected chi connectivity index (χ2v) is 14.8. The van der Waals surface area contributed by atoms with Gasteiger partial charge in [0.15, 0.2) is 5.82 Å². The SMILES string of the molecule is CC(C)(C)OC(=O)N1CCC(OC2CC(N3CCN(CC4[C@H]5CN(c6cc(-c7ccccc7O)nnc6N)C[C@@H]45)CC3)C2)CC1. The van der Waals surface area contributed by atoms with E-state index in [2.05, 4.69) is 24.9 Å². The van der Waals surface area contributed by atoms with E-state index in [1.807, 2.05) is 43.9 Å². The van der Waals surface area contributed by atoms with E-state index in [-0.39, 0.29) is 17.9 Å². The molecular weight excluding hydrogens is 570 g/mol. The van der Waals surface area contributed by atoms with Crippen LogP contribution >= 0.6 is 0 Å². The van der Waals surface area contributed by atoms with Gasteiger partial charge in [-0.1, -0.05) is 12.1 Å². The second-order valence-electron chi connectivity index (χ2n) is 14.8. The maximum atomic E-state index is 12.3. The monoisotopic (exact) mass is 619 g/mol. The Morgan fingerprint density at radius 2 is 1.67 bits per heavy atom. The van der Waals surface area contributed by atoms with Crippen LogP contribution in [0, 0.1) is 17.8 Å². The van der Waals surface area contributed by atoms with Gasteiger partial charge in [-0.3, -0.25) is 4.90 Å². The number of fused-ring (bicyclic) bond motifs is 1. The number of nitrogen functional groups attached to an aromatic ring is 1. The molecule has 0 radical (unpaired) electrons. The minimum Gasteiger partial charge on any atom is -0.507 e. The zero-order valence-corrected chi connectivity index (χ0v) is 27.0. The topological polar surface area (TPSA) is 121 Å². The summed E-state index contributed by atoms with van der Waals surface area (Å²) in [6, 6.07) is 9.84. The minimum atomic E-state index is -0.453. The Hall–Kier alpha value is -3.15. The lowest BCUT2D eigenvalue weighted by Gasteiger charge is -2.47. The van der Waals surface area contributed by atoms with E-state index in [1.165, 1.54) is 6.54 Å². The number of phenolic OH excluding ortho intramolecular Hbond substituents is 1. The van der Waals surface area contributed by atoms with E-state index in [4.69, 9.17) is 15.2 Å². The number of ether oxygens (including phenoxy) is 2. The number of piperidine rings is 2. The summed E-state index contributed by atoms with van der Waals surface area (Å²) in [6.07, 6.45) is 4.47. The number of nitrogens with two attached hydrogens (primary N) is 1. The number of amides is 1. The number of hydrogen-bond donors (Lipinski definition) is 2. The molecule has 2 aromatic rings. The smallest absolute Gasteiger partial charge is 0.410 e. The number of anilines is 2. The number of aromatic nitrogens is 2. The van der Waals surface area contributed by atoms with Crippen LogP contribution in [0.1, 0.15) is 46.5 Å². The predicted octanol–water partition coefficient (Wildman–Crippen LogP) is 3.68. The van der Waals surface area contributed by atoms with Crippen molar-refractivity contribution >= 4 is 17.6 Å². The zero-order chi connectivity index (χ0) is 31.3. The van der Waals surface area contributed by atoms with Gasteiger partial charge >= 0.3 is 6.09 Å². The molecule has 3 aliphatic heterocycles. The van der Waals surface area contributed by atoms with Crippen molar-refractivity contribution in [2.75, 3.05) is 69.5 Å². The average molecular weight is 620 g/mol. The summed E-state index contributed by atoms with van der Waals surface area (Å²) in [5.41, 5.74) is 8.06. The van der Waals surface area contributed by atoms with Gasteiger partial charge in [-0.2, -0.15) is 0 Å². The Morgan fingerprint density at radius 3 is 2.33 bits per heavy atom. The molecule has 45 heavy (non-hydrogen) atoms. The first-order valence-corrected chi connectivity index (χ1v) is 16.9.